The first-order valence-electron chi connectivity index (χ1n) is 7.66. The molecule has 1 heterocycles. The quantitative estimate of drug-likeness (QED) is 0.521. The highest BCUT2D eigenvalue weighted by atomic mass is 16.3. The van der Waals surface area contributed by atoms with Crippen LogP contribution in [-0.4, -0.2) is 27.6 Å². The first kappa shape index (κ1) is 16.4. The molecule has 0 aromatic heterocycles. The van der Waals surface area contributed by atoms with Crippen LogP contribution in [0.2, 0.25) is 0 Å². The lowest BCUT2D eigenvalue weighted by atomic mass is 10.0. The minimum absolute atomic E-state index is 0.0684. The second-order valence-electron chi connectivity index (χ2n) is 5.52. The number of benzene rings is 2. The number of nitrogens with zero attached hydrogens (tertiary/aromatic N) is 1. The summed E-state index contributed by atoms with van der Waals surface area (Å²) in [6.07, 6.45) is 1.47. The zero-order chi connectivity index (χ0) is 18.0. The van der Waals surface area contributed by atoms with E-state index in [2.05, 4.69) is 0 Å². The van der Waals surface area contributed by atoms with Crippen molar-refractivity contribution in [3.05, 3.63) is 83.1 Å². The smallest absolute Gasteiger partial charge is 0.273 e. The molecule has 124 valence electrons. The summed E-state index contributed by atoms with van der Waals surface area (Å²) in [5.74, 6) is -2.51. The standard InChI is InChI=1S/C20H15NO4/c1-13(22)21-16(12-14-8-4-2-5-9-14)19(24)17(20(21)25)18(23)15-10-6-3-7-11-15/h2-12,23H,1H3/b16-12+,18-17+. The van der Waals surface area contributed by atoms with E-state index in [1.165, 1.54) is 13.0 Å². The van der Waals surface area contributed by atoms with Crippen LogP contribution in [0.25, 0.3) is 11.8 Å². The average Bonchev–Trinajstić information content (AvgIpc) is 2.86. The second kappa shape index (κ2) is 6.57. The molecule has 2 amide bonds. The van der Waals surface area contributed by atoms with Crippen molar-refractivity contribution in [2.24, 2.45) is 0 Å². The summed E-state index contributed by atoms with van der Waals surface area (Å²) in [5.41, 5.74) is 0.541. The molecule has 1 aliphatic heterocycles. The third-order valence-corrected chi connectivity index (χ3v) is 3.82. The third-order valence-electron chi connectivity index (χ3n) is 3.82. The molecular weight excluding hydrogens is 318 g/mol. The molecule has 0 bridgehead atoms. The van der Waals surface area contributed by atoms with Gasteiger partial charge in [0.05, 0.1) is 0 Å². The van der Waals surface area contributed by atoms with Gasteiger partial charge in [0.15, 0.2) is 0 Å². The maximum absolute atomic E-state index is 12.7. The Morgan fingerprint density at radius 1 is 0.960 bits per heavy atom. The fraction of sp³-hybridized carbons (Fsp3) is 0.0500. The molecule has 5 heteroatoms. The Kier molecular flexibility index (Phi) is 4.31. The maximum Gasteiger partial charge on any atom is 0.273 e. The van der Waals surface area contributed by atoms with Gasteiger partial charge in [-0.05, 0) is 11.6 Å². The molecule has 0 saturated carbocycles. The van der Waals surface area contributed by atoms with Gasteiger partial charge >= 0.3 is 0 Å². The Morgan fingerprint density at radius 2 is 1.52 bits per heavy atom. The summed E-state index contributed by atoms with van der Waals surface area (Å²) in [7, 11) is 0. The van der Waals surface area contributed by atoms with Crippen LogP contribution in [0, 0.1) is 0 Å². The van der Waals surface area contributed by atoms with Gasteiger partial charge in [-0.2, -0.15) is 0 Å². The Balaban J connectivity index is 2.15. The zero-order valence-electron chi connectivity index (χ0n) is 13.5. The topological polar surface area (TPSA) is 74.7 Å². The molecular formula is C20H15NO4. The van der Waals surface area contributed by atoms with E-state index >= 15 is 0 Å². The van der Waals surface area contributed by atoms with Crippen LogP contribution in [0.1, 0.15) is 18.1 Å². The number of aliphatic hydroxyl groups is 1. The van der Waals surface area contributed by atoms with Gasteiger partial charge in [0.25, 0.3) is 5.91 Å². The predicted octanol–water partition coefficient (Wildman–Crippen LogP) is 2.95. The number of Topliss-reactive ketones (excluding diaryl/α,β-unsaturated/α-hetero) is 1. The van der Waals surface area contributed by atoms with Gasteiger partial charge in [0.2, 0.25) is 11.7 Å². The predicted molar refractivity (Wildman–Crippen MR) is 92.9 cm³/mol. The van der Waals surface area contributed by atoms with Crippen molar-refractivity contribution >= 4 is 29.4 Å². The Morgan fingerprint density at radius 3 is 2.08 bits per heavy atom. The van der Waals surface area contributed by atoms with E-state index in [0.29, 0.717) is 11.1 Å². The number of amides is 2. The summed E-state index contributed by atoms with van der Waals surface area (Å²) in [6, 6.07) is 17.2. The van der Waals surface area contributed by atoms with Gasteiger partial charge in [0.1, 0.15) is 17.0 Å². The van der Waals surface area contributed by atoms with Crippen LogP contribution in [0.3, 0.4) is 0 Å². The summed E-state index contributed by atoms with van der Waals surface area (Å²) in [6.45, 7) is 1.20. The van der Waals surface area contributed by atoms with E-state index in [9.17, 15) is 19.5 Å². The van der Waals surface area contributed by atoms with E-state index in [-0.39, 0.29) is 5.70 Å². The number of hydrogen-bond donors (Lipinski definition) is 1. The Bertz CT molecular complexity index is 911. The van der Waals surface area contributed by atoms with Crippen molar-refractivity contribution in [3.63, 3.8) is 0 Å². The normalized spacial score (nSPS) is 18.0. The number of ketones is 1. The fourth-order valence-corrected chi connectivity index (χ4v) is 2.65. The molecule has 25 heavy (non-hydrogen) atoms. The minimum Gasteiger partial charge on any atom is -0.506 e. The largest absolute Gasteiger partial charge is 0.506 e. The molecule has 0 atom stereocenters. The van der Waals surface area contributed by atoms with E-state index in [0.717, 1.165) is 4.90 Å². The molecule has 0 radical (unpaired) electrons. The number of hydrogen-bond acceptors (Lipinski definition) is 4. The highest BCUT2D eigenvalue weighted by Crippen LogP contribution is 2.30. The first-order chi connectivity index (χ1) is 12.0. The number of likely N-dealkylation sites (tertiary alicyclic amines) is 1. The lowest BCUT2D eigenvalue weighted by Gasteiger charge is -2.11. The molecule has 5 nitrogen and oxygen atoms in total. The van der Waals surface area contributed by atoms with Crippen LogP contribution >= 0.6 is 0 Å². The van der Waals surface area contributed by atoms with Crippen LogP contribution < -0.4 is 0 Å². The zero-order valence-corrected chi connectivity index (χ0v) is 13.5. The number of imide groups is 1. The number of aliphatic hydroxyl groups excluding tert-OH is 1. The Hall–Kier alpha value is -3.47. The number of carbonyl (C=O) groups excluding carboxylic acids is 3. The number of allylic oxidation sites excluding steroid dienone is 1. The van der Waals surface area contributed by atoms with Crippen molar-refractivity contribution in [1.82, 2.24) is 4.90 Å². The van der Waals surface area contributed by atoms with Crippen molar-refractivity contribution in [2.45, 2.75) is 6.92 Å². The molecule has 0 spiro atoms. The lowest BCUT2D eigenvalue weighted by molar-refractivity contribution is -0.137. The van der Waals surface area contributed by atoms with E-state index in [1.54, 1.807) is 54.6 Å². The van der Waals surface area contributed by atoms with E-state index < -0.39 is 28.9 Å². The third kappa shape index (κ3) is 2.99. The van der Waals surface area contributed by atoms with E-state index in [4.69, 9.17) is 0 Å². The van der Waals surface area contributed by atoms with Crippen molar-refractivity contribution in [1.29, 1.82) is 0 Å². The van der Waals surface area contributed by atoms with Crippen LogP contribution in [-0.2, 0) is 14.4 Å². The summed E-state index contributed by atoms with van der Waals surface area (Å²) in [4.78, 5) is 38.1. The average molecular weight is 333 g/mol. The molecule has 1 fully saturated rings. The molecule has 2 aromatic carbocycles. The lowest BCUT2D eigenvalue weighted by Crippen LogP contribution is -2.29. The minimum atomic E-state index is -0.818. The SMILES string of the molecule is CC(=O)N1C(=O)/C(=C(/O)c2ccccc2)C(=O)/C1=C\c1ccccc1. The summed E-state index contributed by atoms with van der Waals surface area (Å²) >= 11 is 0. The highest BCUT2D eigenvalue weighted by molar-refractivity contribution is 6.39. The maximum atomic E-state index is 12.7. The van der Waals surface area contributed by atoms with Crippen molar-refractivity contribution in [2.75, 3.05) is 0 Å². The number of rotatable bonds is 2. The fourth-order valence-electron chi connectivity index (χ4n) is 2.65. The number of carbonyl (C=O) groups is 3. The second-order valence-corrected chi connectivity index (χ2v) is 5.52. The van der Waals surface area contributed by atoms with Gasteiger partial charge in [0, 0.05) is 12.5 Å². The molecule has 2 aromatic rings. The molecule has 0 aliphatic carbocycles. The molecule has 1 N–H and O–H groups in total. The van der Waals surface area contributed by atoms with Gasteiger partial charge < -0.3 is 5.11 Å². The van der Waals surface area contributed by atoms with Crippen LogP contribution in [0.4, 0.5) is 0 Å². The molecule has 0 unspecified atom stereocenters. The van der Waals surface area contributed by atoms with Crippen LogP contribution in [0.5, 0.6) is 0 Å². The van der Waals surface area contributed by atoms with Crippen molar-refractivity contribution in [3.8, 4) is 0 Å². The van der Waals surface area contributed by atoms with Crippen LogP contribution in [0.15, 0.2) is 71.9 Å². The van der Waals surface area contributed by atoms with Crippen molar-refractivity contribution < 1.29 is 19.5 Å². The Labute approximate surface area is 144 Å². The molecule has 3 rings (SSSR count). The summed E-state index contributed by atoms with van der Waals surface area (Å²) in [5, 5.41) is 10.4. The first-order valence-corrected chi connectivity index (χ1v) is 7.66. The van der Waals surface area contributed by atoms with Gasteiger partial charge in [-0.3, -0.25) is 14.4 Å². The highest BCUT2D eigenvalue weighted by Gasteiger charge is 2.43. The van der Waals surface area contributed by atoms with Gasteiger partial charge in [-0.1, -0.05) is 60.7 Å². The molecule has 1 aliphatic rings. The van der Waals surface area contributed by atoms with E-state index in [1.807, 2.05) is 6.07 Å². The monoisotopic (exact) mass is 333 g/mol. The summed E-state index contributed by atoms with van der Waals surface area (Å²) < 4.78 is 0. The van der Waals surface area contributed by atoms with Gasteiger partial charge in [-0.15, -0.1) is 0 Å². The molecule has 1 saturated heterocycles. The van der Waals surface area contributed by atoms with Gasteiger partial charge in [-0.25, -0.2) is 4.90 Å².